The van der Waals surface area contributed by atoms with Crippen LogP contribution < -0.4 is 9.64 Å². The molecule has 1 unspecified atom stereocenters. The first-order valence-corrected chi connectivity index (χ1v) is 19.6. The van der Waals surface area contributed by atoms with E-state index in [2.05, 4.69) is 31.5 Å². The Hall–Kier alpha value is -2.48. The van der Waals surface area contributed by atoms with Crippen LogP contribution >= 0.6 is 0 Å². The smallest absolute Gasteiger partial charge is 0.210 e. The Morgan fingerprint density at radius 2 is 1.57 bits per heavy atom. The molecule has 0 bridgehead atoms. The summed E-state index contributed by atoms with van der Waals surface area (Å²) in [4.78, 5) is 15.0. The van der Waals surface area contributed by atoms with Crippen LogP contribution in [0.4, 0.5) is 10.1 Å². The van der Waals surface area contributed by atoms with E-state index in [-0.39, 0.29) is 22.1 Å². The third-order valence-electron chi connectivity index (χ3n) is 10.1. The highest BCUT2D eigenvalue weighted by Crippen LogP contribution is 2.39. The highest BCUT2D eigenvalue weighted by molar-refractivity contribution is 7.91. The van der Waals surface area contributed by atoms with E-state index >= 15 is 0 Å². The summed E-state index contributed by atoms with van der Waals surface area (Å²) in [6, 6.07) is 10.2. The molecule has 0 amide bonds. The lowest BCUT2D eigenvalue weighted by Crippen LogP contribution is -2.55. The molecular formula is C34H46FN5O4S2. The van der Waals surface area contributed by atoms with E-state index in [4.69, 9.17) is 4.74 Å². The number of likely N-dealkylation sites (N-methyl/N-ethyl adjacent to an activating group) is 1. The number of ether oxygens (including phenoxy) is 1. The summed E-state index contributed by atoms with van der Waals surface area (Å²) in [6.45, 7) is 13.6. The molecule has 46 heavy (non-hydrogen) atoms. The van der Waals surface area contributed by atoms with Crippen LogP contribution in [-0.2, 0) is 21.0 Å². The molecule has 3 aliphatic rings. The van der Waals surface area contributed by atoms with Gasteiger partial charge in [-0.2, -0.15) is 0 Å². The zero-order chi connectivity index (χ0) is 32.4. The van der Waals surface area contributed by atoms with Crippen molar-refractivity contribution in [2.75, 3.05) is 76.7 Å². The number of pyridine rings is 1. The number of sulfone groups is 1. The van der Waals surface area contributed by atoms with E-state index < -0.39 is 26.8 Å². The number of likely N-dealkylation sites (tertiary alicyclic amines) is 1. The van der Waals surface area contributed by atoms with E-state index in [1.807, 2.05) is 0 Å². The van der Waals surface area contributed by atoms with E-state index in [1.165, 1.54) is 57.4 Å². The van der Waals surface area contributed by atoms with Gasteiger partial charge in [-0.1, -0.05) is 6.92 Å². The van der Waals surface area contributed by atoms with Crippen molar-refractivity contribution in [3.63, 3.8) is 0 Å². The van der Waals surface area contributed by atoms with Gasteiger partial charge in [0.2, 0.25) is 9.84 Å². The molecule has 6 rings (SSSR count). The molecule has 12 heteroatoms. The van der Waals surface area contributed by atoms with Crippen LogP contribution in [-0.4, -0.2) is 117 Å². The van der Waals surface area contributed by atoms with E-state index in [0.717, 1.165) is 38.5 Å². The van der Waals surface area contributed by atoms with Crippen LogP contribution in [0.3, 0.4) is 0 Å². The van der Waals surface area contributed by atoms with Gasteiger partial charge in [-0.3, -0.25) is 9.88 Å². The summed E-state index contributed by atoms with van der Waals surface area (Å²) < 4.78 is 60.9. The SMILES string of the molecule is CCOc1ccc(S(=O)(=O)c2cnc3ccc([S+](C)[O-])cc3c2N2CCC(N3CCC(N4CCN(CC)CC4)CC3)CC2)cc1F. The van der Waals surface area contributed by atoms with Crippen molar-refractivity contribution in [3.05, 3.63) is 48.4 Å². The van der Waals surface area contributed by atoms with Gasteiger partial charge in [-0.05, 0) is 93.7 Å². The van der Waals surface area contributed by atoms with Crippen LogP contribution in [0.25, 0.3) is 10.9 Å². The Morgan fingerprint density at radius 3 is 2.17 bits per heavy atom. The van der Waals surface area contributed by atoms with E-state index in [9.17, 15) is 17.4 Å². The number of aromatic nitrogens is 1. The van der Waals surface area contributed by atoms with Crippen LogP contribution in [0.5, 0.6) is 5.75 Å². The number of piperidine rings is 2. The van der Waals surface area contributed by atoms with Gasteiger partial charge in [0.15, 0.2) is 16.5 Å². The number of anilines is 1. The first-order chi connectivity index (χ1) is 22.2. The molecule has 2 aromatic carbocycles. The maximum atomic E-state index is 14.9. The lowest BCUT2D eigenvalue weighted by Gasteiger charge is -2.46. The quantitative estimate of drug-likeness (QED) is 0.307. The van der Waals surface area contributed by atoms with Crippen LogP contribution in [0.2, 0.25) is 0 Å². The molecule has 1 atom stereocenters. The number of piperazine rings is 1. The average Bonchev–Trinajstić information content (AvgIpc) is 3.08. The van der Waals surface area contributed by atoms with Crippen molar-refractivity contribution in [1.29, 1.82) is 0 Å². The van der Waals surface area contributed by atoms with Gasteiger partial charge in [0.05, 0.1) is 22.7 Å². The molecule has 3 aliphatic heterocycles. The summed E-state index contributed by atoms with van der Waals surface area (Å²) >= 11 is -1.26. The molecule has 9 nitrogen and oxygen atoms in total. The molecule has 0 N–H and O–H groups in total. The van der Waals surface area contributed by atoms with Crippen LogP contribution in [0.15, 0.2) is 57.3 Å². The Balaban J connectivity index is 1.23. The zero-order valence-corrected chi connectivity index (χ0v) is 28.8. The van der Waals surface area contributed by atoms with E-state index in [1.54, 1.807) is 31.4 Å². The number of benzene rings is 2. The van der Waals surface area contributed by atoms with Crippen LogP contribution in [0, 0.1) is 5.82 Å². The molecule has 0 radical (unpaired) electrons. The van der Waals surface area contributed by atoms with Gasteiger partial charge in [-0.15, -0.1) is 0 Å². The van der Waals surface area contributed by atoms with Gasteiger partial charge < -0.3 is 24.0 Å². The molecule has 1 aromatic heterocycles. The van der Waals surface area contributed by atoms with Gasteiger partial charge >= 0.3 is 0 Å². The van der Waals surface area contributed by atoms with Gasteiger partial charge in [0.1, 0.15) is 11.2 Å². The Labute approximate surface area is 275 Å². The summed E-state index contributed by atoms with van der Waals surface area (Å²) in [5.74, 6) is -0.715. The predicted octanol–water partition coefficient (Wildman–Crippen LogP) is 4.41. The fraction of sp³-hybridized carbons (Fsp3) is 0.559. The first kappa shape index (κ1) is 33.4. The lowest BCUT2D eigenvalue weighted by molar-refractivity contribution is 0.0449. The van der Waals surface area contributed by atoms with Crippen molar-refractivity contribution >= 4 is 37.6 Å². The lowest BCUT2D eigenvalue weighted by atomic mass is 9.96. The Kier molecular flexibility index (Phi) is 10.4. The fourth-order valence-corrected chi connectivity index (χ4v) is 9.39. The molecular weight excluding hydrogens is 626 g/mol. The second-order valence-electron chi connectivity index (χ2n) is 12.6. The minimum Gasteiger partial charge on any atom is -0.612 e. The molecule has 3 aromatic rings. The monoisotopic (exact) mass is 671 g/mol. The standard InChI is InChI=1S/C34H46FN5O4S2/c1-4-37-18-20-39(21-19-37)26-10-14-38(15-11-26)25-12-16-40(17-13-25)34-29-22-27(45(3)41)6-8-31(29)36-24-33(34)46(42,43)28-7-9-32(44-5-2)30(35)23-28/h6-9,22-26H,4-5,10-21H2,1-3H3. The molecule has 3 saturated heterocycles. The topological polar surface area (TPSA) is 92.3 Å². The number of hydrogen-bond donors (Lipinski definition) is 0. The van der Waals surface area contributed by atoms with Crippen LogP contribution in [0.1, 0.15) is 39.5 Å². The van der Waals surface area contributed by atoms with Gasteiger partial charge in [-0.25, -0.2) is 12.8 Å². The Morgan fingerprint density at radius 1 is 0.913 bits per heavy atom. The summed E-state index contributed by atoms with van der Waals surface area (Å²) in [5.41, 5.74) is 1.18. The zero-order valence-electron chi connectivity index (χ0n) is 27.2. The van der Waals surface area contributed by atoms with Gasteiger partial charge in [0.25, 0.3) is 0 Å². The number of halogens is 1. The van der Waals surface area contributed by atoms with E-state index in [0.29, 0.717) is 46.7 Å². The maximum absolute atomic E-state index is 14.9. The molecule has 0 aliphatic carbocycles. The number of nitrogens with zero attached hydrogens (tertiary/aromatic N) is 5. The molecule has 250 valence electrons. The minimum atomic E-state index is -4.15. The summed E-state index contributed by atoms with van der Waals surface area (Å²) in [5, 5.41) is 0.641. The second-order valence-corrected chi connectivity index (χ2v) is 15.9. The van der Waals surface area contributed by atoms with Crippen molar-refractivity contribution in [1.82, 2.24) is 19.7 Å². The van der Waals surface area contributed by atoms with Crippen molar-refractivity contribution in [2.45, 2.75) is 66.3 Å². The molecule has 4 heterocycles. The third-order valence-corrected chi connectivity index (χ3v) is 12.7. The minimum absolute atomic E-state index is 0.0125. The van der Waals surface area contributed by atoms with Crippen molar-refractivity contribution in [3.8, 4) is 5.75 Å². The summed E-state index contributed by atoms with van der Waals surface area (Å²) in [6.07, 6.45) is 7.22. The first-order valence-electron chi connectivity index (χ1n) is 16.6. The summed E-state index contributed by atoms with van der Waals surface area (Å²) in [7, 11) is -4.15. The third kappa shape index (κ3) is 6.88. The number of rotatable bonds is 9. The largest absolute Gasteiger partial charge is 0.612 e. The van der Waals surface area contributed by atoms with Gasteiger partial charge in [0, 0.05) is 69.0 Å². The molecule has 3 fully saturated rings. The normalized spacial score (nSPS) is 20.8. The second kappa shape index (κ2) is 14.3. The highest BCUT2D eigenvalue weighted by Gasteiger charge is 2.34. The highest BCUT2D eigenvalue weighted by atomic mass is 32.2. The fourth-order valence-electron chi connectivity index (χ4n) is 7.40. The Bertz CT molecular complexity index is 1620. The average molecular weight is 672 g/mol. The molecule has 0 spiro atoms. The van der Waals surface area contributed by atoms with Crippen molar-refractivity contribution in [2.24, 2.45) is 0 Å². The molecule has 0 saturated carbocycles. The number of fused-ring (bicyclic) bond motifs is 1. The maximum Gasteiger partial charge on any atom is 0.210 e. The predicted molar refractivity (Wildman–Crippen MR) is 181 cm³/mol. The van der Waals surface area contributed by atoms with Crippen molar-refractivity contribution < 1.29 is 22.1 Å². The number of hydrogen-bond acceptors (Lipinski definition) is 9.